The molecule has 0 bridgehead atoms. The highest BCUT2D eigenvalue weighted by molar-refractivity contribution is 7.89. The molecular weight excluding hydrogens is 369 g/mol. The van der Waals surface area contributed by atoms with E-state index in [1.165, 1.54) is 30.5 Å². The van der Waals surface area contributed by atoms with Gasteiger partial charge < -0.3 is 5.11 Å². The fraction of sp³-hybridized carbons (Fsp3) is 0.235. The molecule has 1 aliphatic heterocycles. The molecule has 0 saturated carbocycles. The number of alkyl halides is 3. The van der Waals surface area contributed by atoms with Crippen LogP contribution in [0.1, 0.15) is 16.7 Å². The smallest absolute Gasteiger partial charge is 0.395 e. The van der Waals surface area contributed by atoms with Gasteiger partial charge in [0.15, 0.2) is 0 Å². The standard InChI is InChI=1S/C17H15F3N2O3S/c18-17(19,20)13-7-12-9-21-10-16(12)15(8-13)11-1-3-14(4-2-11)26(24,25)22-5-6-23/h1-4,7-8,10,22-23H,5-6,9H2. The van der Waals surface area contributed by atoms with Crippen LogP contribution in [-0.4, -0.2) is 32.9 Å². The van der Waals surface area contributed by atoms with E-state index >= 15 is 0 Å². The van der Waals surface area contributed by atoms with E-state index in [-0.39, 0.29) is 24.6 Å². The Morgan fingerprint density at radius 3 is 2.46 bits per heavy atom. The lowest BCUT2D eigenvalue weighted by molar-refractivity contribution is -0.137. The molecule has 3 rings (SSSR count). The van der Waals surface area contributed by atoms with E-state index in [4.69, 9.17) is 5.11 Å². The van der Waals surface area contributed by atoms with Crippen molar-refractivity contribution in [1.29, 1.82) is 0 Å². The molecule has 2 N–H and O–H groups in total. The van der Waals surface area contributed by atoms with Crippen LogP contribution >= 0.6 is 0 Å². The number of fused-ring (bicyclic) bond motifs is 1. The summed E-state index contributed by atoms with van der Waals surface area (Å²) >= 11 is 0. The van der Waals surface area contributed by atoms with Crippen LogP contribution in [0.2, 0.25) is 0 Å². The summed E-state index contributed by atoms with van der Waals surface area (Å²) in [7, 11) is -3.78. The average Bonchev–Trinajstić information content (AvgIpc) is 3.07. The molecule has 138 valence electrons. The zero-order chi connectivity index (χ0) is 18.9. The van der Waals surface area contributed by atoms with Crippen molar-refractivity contribution in [3.05, 3.63) is 53.1 Å². The van der Waals surface area contributed by atoms with E-state index in [1.807, 2.05) is 0 Å². The van der Waals surface area contributed by atoms with E-state index in [9.17, 15) is 21.6 Å². The molecule has 0 amide bonds. The Morgan fingerprint density at radius 1 is 1.15 bits per heavy atom. The minimum absolute atomic E-state index is 0.0352. The Hall–Kier alpha value is -2.23. The highest BCUT2D eigenvalue weighted by Crippen LogP contribution is 2.37. The van der Waals surface area contributed by atoms with E-state index in [0.717, 1.165) is 12.1 Å². The van der Waals surface area contributed by atoms with E-state index in [1.54, 1.807) is 0 Å². The minimum Gasteiger partial charge on any atom is -0.395 e. The second-order valence-corrected chi connectivity index (χ2v) is 7.48. The van der Waals surface area contributed by atoms with Crippen LogP contribution in [0.3, 0.4) is 0 Å². The van der Waals surface area contributed by atoms with Gasteiger partial charge in [0.25, 0.3) is 0 Å². The minimum atomic E-state index is -4.48. The normalized spacial score (nSPS) is 13.8. The van der Waals surface area contributed by atoms with Gasteiger partial charge in [-0.15, -0.1) is 0 Å². The number of nitrogens with one attached hydrogen (secondary N) is 1. The molecule has 1 aliphatic rings. The van der Waals surface area contributed by atoms with Crippen molar-refractivity contribution in [2.75, 3.05) is 13.2 Å². The lowest BCUT2D eigenvalue weighted by atomic mass is 9.94. The summed E-state index contributed by atoms with van der Waals surface area (Å²) < 4.78 is 65.7. The van der Waals surface area contributed by atoms with Gasteiger partial charge in [-0.05, 0) is 41.0 Å². The summed E-state index contributed by atoms with van der Waals surface area (Å²) in [6, 6.07) is 7.67. The maximum absolute atomic E-state index is 13.1. The molecule has 0 radical (unpaired) electrons. The third-order valence-electron chi connectivity index (χ3n) is 3.95. The maximum atomic E-state index is 13.1. The largest absolute Gasteiger partial charge is 0.416 e. The quantitative estimate of drug-likeness (QED) is 0.832. The summed E-state index contributed by atoms with van der Waals surface area (Å²) in [4.78, 5) is 3.99. The zero-order valence-corrected chi connectivity index (χ0v) is 14.2. The van der Waals surface area contributed by atoms with Crippen molar-refractivity contribution < 1.29 is 26.7 Å². The van der Waals surface area contributed by atoms with Crippen LogP contribution in [0.15, 0.2) is 46.3 Å². The van der Waals surface area contributed by atoms with Crippen LogP contribution in [-0.2, 0) is 22.7 Å². The summed E-state index contributed by atoms with van der Waals surface area (Å²) in [5.74, 6) is 0. The number of aliphatic imine (C=N–C) groups is 1. The van der Waals surface area contributed by atoms with E-state index in [0.29, 0.717) is 22.3 Å². The molecule has 2 aromatic carbocycles. The van der Waals surface area contributed by atoms with Crippen molar-refractivity contribution in [1.82, 2.24) is 4.72 Å². The van der Waals surface area contributed by atoms with Gasteiger partial charge >= 0.3 is 6.18 Å². The predicted molar refractivity (Wildman–Crippen MR) is 90.5 cm³/mol. The number of aliphatic hydroxyl groups excluding tert-OH is 1. The lowest BCUT2D eigenvalue weighted by Crippen LogP contribution is -2.26. The van der Waals surface area contributed by atoms with Gasteiger partial charge in [-0.2, -0.15) is 13.2 Å². The molecule has 0 atom stereocenters. The molecule has 2 aromatic rings. The topological polar surface area (TPSA) is 78.8 Å². The Labute approximate surface area is 148 Å². The first-order valence-electron chi connectivity index (χ1n) is 7.67. The number of halogens is 3. The zero-order valence-electron chi connectivity index (χ0n) is 13.4. The van der Waals surface area contributed by atoms with Crippen LogP contribution in [0.25, 0.3) is 11.1 Å². The Morgan fingerprint density at radius 2 is 1.85 bits per heavy atom. The molecule has 26 heavy (non-hydrogen) atoms. The van der Waals surface area contributed by atoms with Gasteiger partial charge in [0.2, 0.25) is 10.0 Å². The van der Waals surface area contributed by atoms with Gasteiger partial charge in [-0.3, -0.25) is 4.99 Å². The summed E-state index contributed by atoms with van der Waals surface area (Å²) in [6.45, 7) is -0.279. The van der Waals surface area contributed by atoms with Crippen molar-refractivity contribution in [2.24, 2.45) is 4.99 Å². The Balaban J connectivity index is 2.02. The first-order chi connectivity index (χ1) is 12.2. The lowest BCUT2D eigenvalue weighted by Gasteiger charge is -2.14. The third kappa shape index (κ3) is 3.64. The Kier molecular flexibility index (Phi) is 4.87. The van der Waals surface area contributed by atoms with Crippen molar-refractivity contribution in [3.8, 4) is 11.1 Å². The maximum Gasteiger partial charge on any atom is 0.416 e. The molecule has 9 heteroatoms. The number of hydrogen-bond donors (Lipinski definition) is 2. The number of benzene rings is 2. The first kappa shape index (κ1) is 18.6. The van der Waals surface area contributed by atoms with Crippen LogP contribution in [0, 0.1) is 0 Å². The molecule has 1 heterocycles. The Bertz CT molecular complexity index is 952. The molecule has 0 aliphatic carbocycles. The van der Waals surface area contributed by atoms with Crippen LogP contribution in [0.4, 0.5) is 13.2 Å². The highest BCUT2D eigenvalue weighted by atomic mass is 32.2. The SMILES string of the molecule is O=S(=O)(NCCO)c1ccc(-c2cc(C(F)(F)F)cc3c2C=NC3)cc1. The van der Waals surface area contributed by atoms with Crippen molar-refractivity contribution in [2.45, 2.75) is 17.6 Å². The third-order valence-corrected chi connectivity index (χ3v) is 5.43. The van der Waals surface area contributed by atoms with Crippen molar-refractivity contribution >= 4 is 16.2 Å². The highest BCUT2D eigenvalue weighted by Gasteiger charge is 2.32. The van der Waals surface area contributed by atoms with Gasteiger partial charge in [-0.25, -0.2) is 13.1 Å². The van der Waals surface area contributed by atoms with Gasteiger partial charge in [-0.1, -0.05) is 12.1 Å². The molecule has 0 spiro atoms. The second kappa shape index (κ2) is 6.82. The predicted octanol–water partition coefficient (Wildman–Crippen LogP) is 2.58. The second-order valence-electron chi connectivity index (χ2n) is 5.71. The first-order valence-corrected chi connectivity index (χ1v) is 9.15. The molecule has 5 nitrogen and oxygen atoms in total. The molecule has 0 fully saturated rings. The van der Waals surface area contributed by atoms with Crippen LogP contribution in [0.5, 0.6) is 0 Å². The molecule has 0 unspecified atom stereocenters. The van der Waals surface area contributed by atoms with Gasteiger partial charge in [0.1, 0.15) is 0 Å². The number of sulfonamides is 1. The monoisotopic (exact) mass is 384 g/mol. The molecule has 0 aromatic heterocycles. The molecule has 0 saturated heterocycles. The fourth-order valence-electron chi connectivity index (χ4n) is 2.71. The van der Waals surface area contributed by atoms with E-state index < -0.39 is 21.8 Å². The summed E-state index contributed by atoms with van der Waals surface area (Å²) in [6.07, 6.45) is -2.96. The number of nitrogens with zero attached hydrogens (tertiary/aromatic N) is 1. The average molecular weight is 384 g/mol. The van der Waals surface area contributed by atoms with Gasteiger partial charge in [0, 0.05) is 18.3 Å². The summed E-state index contributed by atoms with van der Waals surface area (Å²) in [5, 5.41) is 8.72. The van der Waals surface area contributed by atoms with Gasteiger partial charge in [0.05, 0.1) is 23.6 Å². The van der Waals surface area contributed by atoms with E-state index in [2.05, 4.69) is 9.71 Å². The number of aliphatic hydroxyl groups is 1. The van der Waals surface area contributed by atoms with Crippen molar-refractivity contribution in [3.63, 3.8) is 0 Å². The number of hydrogen-bond acceptors (Lipinski definition) is 4. The molecular formula is C17H15F3N2O3S. The number of rotatable bonds is 5. The fourth-order valence-corrected chi connectivity index (χ4v) is 3.73. The van der Waals surface area contributed by atoms with Crippen LogP contribution < -0.4 is 4.72 Å². The summed E-state index contributed by atoms with van der Waals surface area (Å²) in [5.41, 5.74) is 1.13.